The number of carbonyl (C=O) groups excluding carboxylic acids is 2. The molecule has 0 bridgehead atoms. The van der Waals surface area contributed by atoms with E-state index in [1.807, 2.05) is 45.3 Å². The largest absolute Gasteiger partial charge is 0.356 e. The van der Waals surface area contributed by atoms with Crippen molar-refractivity contribution in [2.24, 2.45) is 5.92 Å². The number of rotatable bonds is 6. The molecule has 2 amide bonds. The van der Waals surface area contributed by atoms with Crippen LogP contribution in [0, 0.1) is 12.8 Å². The van der Waals surface area contributed by atoms with Crippen LogP contribution in [0.1, 0.15) is 36.4 Å². The Morgan fingerprint density at radius 2 is 1.96 bits per heavy atom. The monoisotopic (exact) mass is 331 g/mol. The number of piperidine rings is 1. The Kier molecular flexibility index (Phi) is 6.37. The zero-order valence-electron chi connectivity index (χ0n) is 15.2. The first kappa shape index (κ1) is 18.5. The van der Waals surface area contributed by atoms with Gasteiger partial charge in [0, 0.05) is 20.0 Å². The van der Waals surface area contributed by atoms with Gasteiger partial charge in [0.1, 0.15) is 0 Å². The molecule has 1 aromatic carbocycles. The van der Waals surface area contributed by atoms with E-state index in [1.54, 1.807) is 11.9 Å². The summed E-state index contributed by atoms with van der Waals surface area (Å²) in [5.74, 6) is -0.0225. The molecule has 1 saturated heterocycles. The van der Waals surface area contributed by atoms with Crippen molar-refractivity contribution >= 4 is 11.8 Å². The fraction of sp³-hybridized carbons (Fsp3) is 0.579. The molecule has 1 heterocycles. The molecule has 1 aromatic rings. The highest BCUT2D eigenvalue weighted by molar-refractivity contribution is 5.84. The fourth-order valence-corrected chi connectivity index (χ4v) is 3.27. The third kappa shape index (κ3) is 4.57. The summed E-state index contributed by atoms with van der Waals surface area (Å²) in [7, 11) is 5.85. The lowest BCUT2D eigenvalue weighted by Crippen LogP contribution is -2.46. The van der Waals surface area contributed by atoms with E-state index in [0.717, 1.165) is 18.5 Å². The highest BCUT2D eigenvalue weighted by Gasteiger charge is 2.38. The summed E-state index contributed by atoms with van der Waals surface area (Å²) in [5.41, 5.74) is 2.21. The molecular weight excluding hydrogens is 302 g/mol. The standard InChI is InChI=1S/C19H29N3O2/c1-14-6-8-15(9-7-14)18-16(10-11-17(23)22(18)4)19(24)20-12-5-13-21(2)3/h6-9,16,18H,5,10-13H2,1-4H3,(H,20,24). The quantitative estimate of drug-likeness (QED) is 0.811. The average Bonchev–Trinajstić information content (AvgIpc) is 2.54. The molecule has 24 heavy (non-hydrogen) atoms. The zero-order chi connectivity index (χ0) is 17.7. The Morgan fingerprint density at radius 1 is 1.29 bits per heavy atom. The molecule has 132 valence electrons. The maximum Gasteiger partial charge on any atom is 0.225 e. The number of hydrogen-bond acceptors (Lipinski definition) is 3. The van der Waals surface area contributed by atoms with Gasteiger partial charge in [-0.3, -0.25) is 9.59 Å². The SMILES string of the molecule is Cc1ccc(C2C(C(=O)NCCCN(C)C)CCC(=O)N2C)cc1. The van der Waals surface area contributed by atoms with Crippen LogP contribution in [0.4, 0.5) is 0 Å². The average molecular weight is 331 g/mol. The minimum atomic E-state index is -0.185. The summed E-state index contributed by atoms with van der Waals surface area (Å²) in [6.45, 7) is 3.66. The minimum Gasteiger partial charge on any atom is -0.356 e. The summed E-state index contributed by atoms with van der Waals surface area (Å²) in [6.07, 6.45) is 1.98. The molecule has 1 aliphatic heterocycles. The summed E-state index contributed by atoms with van der Waals surface area (Å²) in [4.78, 5) is 28.7. The van der Waals surface area contributed by atoms with E-state index in [0.29, 0.717) is 19.4 Å². The van der Waals surface area contributed by atoms with Crippen LogP contribution in [-0.4, -0.2) is 55.8 Å². The Labute approximate surface area is 145 Å². The molecule has 1 fully saturated rings. The molecule has 0 aromatic heterocycles. The molecule has 5 nitrogen and oxygen atoms in total. The smallest absolute Gasteiger partial charge is 0.225 e. The van der Waals surface area contributed by atoms with Gasteiger partial charge in [0.25, 0.3) is 0 Å². The van der Waals surface area contributed by atoms with E-state index in [1.165, 1.54) is 5.56 Å². The molecule has 2 atom stereocenters. The number of nitrogens with one attached hydrogen (secondary N) is 1. The molecule has 0 spiro atoms. The first-order chi connectivity index (χ1) is 11.4. The van der Waals surface area contributed by atoms with Gasteiger partial charge in [-0.25, -0.2) is 0 Å². The van der Waals surface area contributed by atoms with E-state index in [4.69, 9.17) is 0 Å². The van der Waals surface area contributed by atoms with E-state index in [2.05, 4.69) is 10.2 Å². The second kappa shape index (κ2) is 8.29. The van der Waals surface area contributed by atoms with Crippen molar-refractivity contribution in [3.63, 3.8) is 0 Å². The summed E-state index contributed by atoms with van der Waals surface area (Å²) >= 11 is 0. The van der Waals surface area contributed by atoms with Gasteiger partial charge in [-0.2, -0.15) is 0 Å². The van der Waals surface area contributed by atoms with Crippen LogP contribution in [-0.2, 0) is 9.59 Å². The van der Waals surface area contributed by atoms with Gasteiger partial charge in [-0.1, -0.05) is 29.8 Å². The maximum absolute atomic E-state index is 12.7. The number of nitrogens with zero attached hydrogens (tertiary/aromatic N) is 2. The summed E-state index contributed by atoms with van der Waals surface area (Å²) < 4.78 is 0. The van der Waals surface area contributed by atoms with Gasteiger partial charge in [-0.05, 0) is 46.0 Å². The molecular formula is C19H29N3O2. The van der Waals surface area contributed by atoms with Crippen molar-refractivity contribution in [1.82, 2.24) is 15.1 Å². The molecule has 2 rings (SSSR count). The normalized spacial score (nSPS) is 21.2. The number of likely N-dealkylation sites (tertiary alicyclic amines) is 1. The number of benzene rings is 1. The summed E-state index contributed by atoms with van der Waals surface area (Å²) in [6, 6.07) is 7.95. The van der Waals surface area contributed by atoms with Crippen LogP contribution in [0.25, 0.3) is 0 Å². The lowest BCUT2D eigenvalue weighted by atomic mass is 9.83. The van der Waals surface area contributed by atoms with Crippen LogP contribution >= 0.6 is 0 Å². The Balaban J connectivity index is 2.08. The van der Waals surface area contributed by atoms with Crippen molar-refractivity contribution in [2.45, 2.75) is 32.2 Å². The third-order valence-corrected chi connectivity index (χ3v) is 4.70. The second-order valence-electron chi connectivity index (χ2n) is 6.95. The predicted octanol–water partition coefficient (Wildman–Crippen LogP) is 1.97. The Hall–Kier alpha value is -1.88. The zero-order valence-corrected chi connectivity index (χ0v) is 15.2. The number of amides is 2. The lowest BCUT2D eigenvalue weighted by molar-refractivity contribution is -0.141. The van der Waals surface area contributed by atoms with Crippen molar-refractivity contribution in [3.05, 3.63) is 35.4 Å². The molecule has 1 aliphatic rings. The van der Waals surface area contributed by atoms with Crippen LogP contribution in [0.3, 0.4) is 0 Å². The number of aryl methyl sites for hydroxylation is 1. The first-order valence-electron chi connectivity index (χ1n) is 8.65. The van der Waals surface area contributed by atoms with E-state index >= 15 is 0 Å². The maximum atomic E-state index is 12.7. The van der Waals surface area contributed by atoms with Crippen molar-refractivity contribution in [1.29, 1.82) is 0 Å². The van der Waals surface area contributed by atoms with E-state index in [9.17, 15) is 9.59 Å². The van der Waals surface area contributed by atoms with Gasteiger partial charge < -0.3 is 15.1 Å². The molecule has 2 unspecified atom stereocenters. The van der Waals surface area contributed by atoms with Gasteiger partial charge >= 0.3 is 0 Å². The van der Waals surface area contributed by atoms with Crippen LogP contribution in [0.15, 0.2) is 24.3 Å². The van der Waals surface area contributed by atoms with E-state index in [-0.39, 0.29) is 23.8 Å². The van der Waals surface area contributed by atoms with Crippen molar-refractivity contribution in [3.8, 4) is 0 Å². The third-order valence-electron chi connectivity index (χ3n) is 4.70. The highest BCUT2D eigenvalue weighted by Crippen LogP contribution is 2.35. The molecule has 5 heteroatoms. The minimum absolute atomic E-state index is 0.0543. The first-order valence-corrected chi connectivity index (χ1v) is 8.65. The Morgan fingerprint density at radius 3 is 2.58 bits per heavy atom. The van der Waals surface area contributed by atoms with Gasteiger partial charge in [-0.15, -0.1) is 0 Å². The van der Waals surface area contributed by atoms with E-state index < -0.39 is 0 Å². The van der Waals surface area contributed by atoms with Gasteiger partial charge in [0.05, 0.1) is 12.0 Å². The Bertz CT molecular complexity index is 568. The molecule has 0 saturated carbocycles. The second-order valence-corrected chi connectivity index (χ2v) is 6.95. The molecule has 0 aliphatic carbocycles. The van der Waals surface area contributed by atoms with Crippen LogP contribution in [0.5, 0.6) is 0 Å². The van der Waals surface area contributed by atoms with Crippen LogP contribution < -0.4 is 5.32 Å². The van der Waals surface area contributed by atoms with Crippen molar-refractivity contribution in [2.75, 3.05) is 34.2 Å². The topological polar surface area (TPSA) is 52.7 Å². The lowest BCUT2D eigenvalue weighted by Gasteiger charge is -2.38. The van der Waals surface area contributed by atoms with Gasteiger partial charge in [0.2, 0.25) is 11.8 Å². The molecule has 1 N–H and O–H groups in total. The fourth-order valence-electron chi connectivity index (χ4n) is 3.27. The van der Waals surface area contributed by atoms with Gasteiger partial charge in [0.15, 0.2) is 0 Å². The predicted molar refractivity (Wildman–Crippen MR) is 95.6 cm³/mol. The number of carbonyl (C=O) groups is 2. The number of hydrogen-bond donors (Lipinski definition) is 1. The molecule has 0 radical (unpaired) electrons. The highest BCUT2D eigenvalue weighted by atomic mass is 16.2. The summed E-state index contributed by atoms with van der Waals surface area (Å²) in [5, 5.41) is 3.05. The van der Waals surface area contributed by atoms with Crippen molar-refractivity contribution < 1.29 is 9.59 Å². The van der Waals surface area contributed by atoms with Crippen LogP contribution in [0.2, 0.25) is 0 Å².